The van der Waals surface area contributed by atoms with Gasteiger partial charge in [-0.15, -0.1) is 0 Å². The highest BCUT2D eigenvalue weighted by molar-refractivity contribution is 6.32. The molecule has 0 unspecified atom stereocenters. The monoisotopic (exact) mass is 496 g/mol. The van der Waals surface area contributed by atoms with Gasteiger partial charge in [0.15, 0.2) is 0 Å². The van der Waals surface area contributed by atoms with Crippen LogP contribution >= 0.6 is 11.6 Å². The third-order valence-corrected chi connectivity index (χ3v) is 5.51. The van der Waals surface area contributed by atoms with E-state index in [4.69, 9.17) is 17.4 Å². The summed E-state index contributed by atoms with van der Waals surface area (Å²) in [4.78, 5) is 53.2. The van der Waals surface area contributed by atoms with Crippen LogP contribution in [0.4, 0.5) is 14.5 Å². The Morgan fingerprint density at radius 1 is 0.971 bits per heavy atom. The van der Waals surface area contributed by atoms with Crippen molar-refractivity contribution in [3.8, 4) is 0 Å². The molecule has 0 saturated heterocycles. The molecule has 0 aromatic heterocycles. The van der Waals surface area contributed by atoms with Crippen LogP contribution in [0.25, 0.3) is 0 Å². The van der Waals surface area contributed by atoms with Crippen LogP contribution in [0.3, 0.4) is 0 Å². The Morgan fingerprint density at radius 2 is 1.57 bits per heavy atom. The van der Waals surface area contributed by atoms with Crippen molar-refractivity contribution in [2.45, 2.75) is 0 Å². The molecule has 176 valence electrons. The minimum absolute atomic E-state index is 0.0475. The average molecular weight is 497 g/mol. The van der Waals surface area contributed by atoms with Gasteiger partial charge in [0, 0.05) is 10.6 Å². The maximum Gasteiger partial charge on any atom is 0.262 e. The molecular formula is C24H15ClF2N4O4. The molecule has 3 amide bonds. The van der Waals surface area contributed by atoms with E-state index in [-0.39, 0.29) is 27.4 Å². The van der Waals surface area contributed by atoms with Gasteiger partial charge in [0.1, 0.15) is 24.5 Å². The van der Waals surface area contributed by atoms with Crippen molar-refractivity contribution in [2.24, 2.45) is 10.9 Å². The summed E-state index contributed by atoms with van der Waals surface area (Å²) in [5, 5.41) is 3.36. The molecule has 4 rings (SSSR count). The molecule has 3 aromatic carbocycles. The fraction of sp³-hybridized carbons (Fsp3) is 0.0417. The smallest absolute Gasteiger partial charge is 0.262 e. The lowest BCUT2D eigenvalue weighted by atomic mass is 10.00. The van der Waals surface area contributed by atoms with Crippen LogP contribution in [-0.2, 0) is 4.79 Å². The number of nitrogens with zero attached hydrogens (tertiary/aromatic N) is 3. The van der Waals surface area contributed by atoms with Gasteiger partial charge in [-0.05, 0) is 42.5 Å². The second-order valence-corrected chi connectivity index (χ2v) is 7.79. The van der Waals surface area contributed by atoms with Gasteiger partial charge in [0.2, 0.25) is 5.78 Å². The molecular weight excluding hydrogens is 482 g/mol. The molecule has 0 aliphatic carbocycles. The number of hydrazone groups is 1. The number of ketones is 1. The summed E-state index contributed by atoms with van der Waals surface area (Å²) in [5.41, 5.74) is -1.08. The van der Waals surface area contributed by atoms with Crippen molar-refractivity contribution < 1.29 is 28.0 Å². The SMILES string of the molecule is NN=CN(C(=O)CN1C(=O)c2ccccc2C1=O)c1ccc(Cl)cc1C(=O)c1c(F)cccc1F. The van der Waals surface area contributed by atoms with Crippen molar-refractivity contribution in [3.63, 3.8) is 0 Å². The molecule has 8 nitrogen and oxygen atoms in total. The molecule has 1 aliphatic rings. The fourth-order valence-electron chi connectivity index (χ4n) is 3.67. The normalized spacial score (nSPS) is 12.8. The number of benzene rings is 3. The third kappa shape index (κ3) is 4.26. The van der Waals surface area contributed by atoms with Crippen LogP contribution in [0.2, 0.25) is 5.02 Å². The number of carbonyl (C=O) groups excluding carboxylic acids is 4. The molecule has 0 saturated carbocycles. The van der Waals surface area contributed by atoms with Crippen molar-refractivity contribution in [3.05, 3.63) is 99.6 Å². The van der Waals surface area contributed by atoms with E-state index in [1.807, 2.05) is 0 Å². The van der Waals surface area contributed by atoms with Crippen molar-refractivity contribution in [2.75, 3.05) is 11.4 Å². The topological polar surface area (TPSA) is 113 Å². The summed E-state index contributed by atoms with van der Waals surface area (Å²) >= 11 is 6.02. The number of imide groups is 1. The fourth-order valence-corrected chi connectivity index (χ4v) is 3.84. The summed E-state index contributed by atoms with van der Waals surface area (Å²) < 4.78 is 28.6. The summed E-state index contributed by atoms with van der Waals surface area (Å²) in [5.74, 6) is -0.303. The van der Waals surface area contributed by atoms with Crippen molar-refractivity contribution in [1.82, 2.24) is 4.90 Å². The Morgan fingerprint density at radius 3 is 2.14 bits per heavy atom. The van der Waals surface area contributed by atoms with Crippen molar-refractivity contribution in [1.29, 1.82) is 0 Å². The van der Waals surface area contributed by atoms with Gasteiger partial charge in [-0.25, -0.2) is 8.78 Å². The summed E-state index contributed by atoms with van der Waals surface area (Å²) in [7, 11) is 0. The molecule has 1 heterocycles. The number of carbonyl (C=O) groups is 4. The van der Waals surface area contributed by atoms with Gasteiger partial charge in [0.25, 0.3) is 17.7 Å². The van der Waals surface area contributed by atoms with E-state index in [0.29, 0.717) is 0 Å². The standard InChI is InChI=1S/C24H15ClF2N4O4/c25-13-8-9-19(16(10-13)22(33)21-17(26)6-3-7-18(21)27)31(12-29-28)20(32)11-30-23(34)14-4-1-2-5-15(14)24(30)35/h1-10,12H,11,28H2. The Bertz CT molecular complexity index is 1370. The first kappa shape index (κ1) is 23.7. The second-order valence-electron chi connectivity index (χ2n) is 7.36. The van der Waals surface area contributed by atoms with Gasteiger partial charge in [0.05, 0.1) is 22.4 Å². The zero-order valence-electron chi connectivity index (χ0n) is 17.7. The van der Waals surface area contributed by atoms with Crippen LogP contribution in [0.15, 0.2) is 65.8 Å². The molecule has 0 spiro atoms. The van der Waals surface area contributed by atoms with Crippen LogP contribution in [0, 0.1) is 11.6 Å². The van der Waals surface area contributed by atoms with E-state index in [0.717, 1.165) is 40.4 Å². The summed E-state index contributed by atoms with van der Waals surface area (Å²) in [6.07, 6.45) is 0.845. The Labute approximate surface area is 202 Å². The van der Waals surface area contributed by atoms with E-state index >= 15 is 0 Å². The van der Waals surface area contributed by atoms with Crippen LogP contribution < -0.4 is 10.7 Å². The molecule has 35 heavy (non-hydrogen) atoms. The highest BCUT2D eigenvalue weighted by Gasteiger charge is 2.37. The lowest BCUT2D eigenvalue weighted by Gasteiger charge is -2.23. The van der Waals surface area contributed by atoms with Gasteiger partial charge in [-0.3, -0.25) is 29.0 Å². The zero-order valence-corrected chi connectivity index (χ0v) is 18.5. The Balaban J connectivity index is 1.73. The number of hydrogen-bond donors (Lipinski definition) is 1. The van der Waals surface area contributed by atoms with E-state index in [1.54, 1.807) is 12.1 Å². The summed E-state index contributed by atoms with van der Waals surface area (Å²) in [6, 6.07) is 12.7. The van der Waals surface area contributed by atoms with Crippen LogP contribution in [-0.4, -0.2) is 41.3 Å². The Kier molecular flexibility index (Phi) is 6.39. The van der Waals surface area contributed by atoms with Gasteiger partial charge < -0.3 is 5.84 Å². The Hall–Kier alpha value is -4.44. The highest BCUT2D eigenvalue weighted by Crippen LogP contribution is 2.29. The highest BCUT2D eigenvalue weighted by atomic mass is 35.5. The zero-order chi connectivity index (χ0) is 25.3. The quantitative estimate of drug-likeness (QED) is 0.140. The van der Waals surface area contributed by atoms with Crippen molar-refractivity contribution >= 4 is 47.1 Å². The number of amides is 3. The first-order valence-electron chi connectivity index (χ1n) is 10.0. The van der Waals surface area contributed by atoms with E-state index in [1.165, 1.54) is 24.3 Å². The second kappa shape index (κ2) is 9.43. The third-order valence-electron chi connectivity index (χ3n) is 5.27. The molecule has 1 aliphatic heterocycles. The first-order chi connectivity index (χ1) is 16.7. The number of hydrogen-bond acceptors (Lipinski definition) is 6. The lowest BCUT2D eigenvalue weighted by Crippen LogP contribution is -2.43. The van der Waals surface area contributed by atoms with Gasteiger partial charge in [-0.1, -0.05) is 29.8 Å². The maximum absolute atomic E-state index is 14.3. The average Bonchev–Trinajstić information content (AvgIpc) is 3.07. The maximum atomic E-state index is 14.3. The number of halogens is 3. The molecule has 0 fully saturated rings. The van der Waals surface area contributed by atoms with Crippen LogP contribution in [0.5, 0.6) is 0 Å². The summed E-state index contributed by atoms with van der Waals surface area (Å²) in [6.45, 7) is -0.720. The number of nitrogens with two attached hydrogens (primary N) is 1. The number of anilines is 1. The lowest BCUT2D eigenvalue weighted by molar-refractivity contribution is -0.118. The molecule has 0 atom stereocenters. The number of rotatable bonds is 6. The van der Waals surface area contributed by atoms with Gasteiger partial charge in [-0.2, -0.15) is 5.10 Å². The largest absolute Gasteiger partial charge is 0.322 e. The predicted octanol–water partition coefficient (Wildman–Crippen LogP) is 3.38. The minimum Gasteiger partial charge on any atom is -0.322 e. The van der Waals surface area contributed by atoms with Gasteiger partial charge >= 0.3 is 0 Å². The van der Waals surface area contributed by atoms with E-state index in [2.05, 4.69) is 5.10 Å². The molecule has 0 radical (unpaired) electrons. The predicted molar refractivity (Wildman–Crippen MR) is 123 cm³/mol. The molecule has 2 N–H and O–H groups in total. The molecule has 0 bridgehead atoms. The first-order valence-corrected chi connectivity index (χ1v) is 10.4. The van der Waals surface area contributed by atoms with E-state index in [9.17, 15) is 28.0 Å². The molecule has 11 heteroatoms. The van der Waals surface area contributed by atoms with Crippen LogP contribution in [0.1, 0.15) is 36.6 Å². The van der Waals surface area contributed by atoms with E-state index < -0.39 is 47.2 Å². The number of fused-ring (bicyclic) bond motifs is 1. The molecule has 3 aromatic rings. The minimum atomic E-state index is -1.11.